The van der Waals surface area contributed by atoms with Gasteiger partial charge in [0, 0.05) is 71.7 Å². The topological polar surface area (TPSA) is 155 Å². The first-order valence-electron chi connectivity index (χ1n) is 31.0. The summed E-state index contributed by atoms with van der Waals surface area (Å²) in [7, 11) is 0. The zero-order chi connectivity index (χ0) is 62.9. The minimum Gasteiger partial charge on any atom is -0.456 e. The molecular weight excluding hydrogens is 1200 g/mol. The van der Waals surface area contributed by atoms with E-state index in [2.05, 4.69) is 150 Å². The van der Waals surface area contributed by atoms with Gasteiger partial charge < -0.3 is 14.2 Å². The molecule has 0 saturated heterocycles. The summed E-state index contributed by atoms with van der Waals surface area (Å²) in [5, 5.41) is 7.64. The maximum absolute atomic E-state index is 6.26. The van der Waals surface area contributed by atoms with Crippen LogP contribution in [0.2, 0.25) is 5.28 Å². The van der Waals surface area contributed by atoms with Gasteiger partial charge in [-0.15, -0.1) is 0 Å². The molecule has 14 nitrogen and oxygen atoms in total. The first-order chi connectivity index (χ1) is 47.0. The van der Waals surface area contributed by atoms with Gasteiger partial charge in [-0.1, -0.05) is 218 Å². The van der Waals surface area contributed by atoms with E-state index in [0.717, 1.165) is 128 Å². The van der Waals surface area contributed by atoms with Crippen LogP contribution in [0.4, 0.5) is 29.2 Å². The number of fused-ring (bicyclic) bond motifs is 20. The molecule has 18 aromatic rings. The summed E-state index contributed by atoms with van der Waals surface area (Å²) in [5.74, 6) is 4.22. The van der Waals surface area contributed by atoms with Crippen molar-refractivity contribution in [2.24, 2.45) is 0 Å². The van der Waals surface area contributed by atoms with Crippen molar-refractivity contribution in [2.75, 3.05) is 10.2 Å². The number of imidazole rings is 2. The second kappa shape index (κ2) is 22.8. The molecule has 8 heterocycles. The zero-order valence-corrected chi connectivity index (χ0v) is 51.1. The van der Waals surface area contributed by atoms with E-state index in [1.165, 1.54) is 11.1 Å². The van der Waals surface area contributed by atoms with E-state index in [1.807, 2.05) is 176 Å². The second-order valence-electron chi connectivity index (χ2n) is 22.9. The van der Waals surface area contributed by atoms with Crippen molar-refractivity contribution in [1.82, 2.24) is 49.0 Å². The Kier molecular flexibility index (Phi) is 13.2. The second-order valence-corrected chi connectivity index (χ2v) is 23.2. The van der Waals surface area contributed by atoms with Crippen molar-refractivity contribution in [1.29, 1.82) is 0 Å². The summed E-state index contributed by atoms with van der Waals surface area (Å²) < 4.78 is 16.6. The number of aromatic nitrogens is 10. The zero-order valence-electron chi connectivity index (χ0n) is 50.3. The van der Waals surface area contributed by atoms with Crippen LogP contribution in [0.5, 0.6) is 0 Å². The highest BCUT2D eigenvalue weighted by atomic mass is 35.5. The average Bonchev–Trinajstić information content (AvgIpc) is 1.60. The van der Waals surface area contributed by atoms with Crippen LogP contribution in [0.15, 0.2) is 300 Å². The monoisotopic (exact) mass is 1240 g/mol. The summed E-state index contributed by atoms with van der Waals surface area (Å²) in [6, 6.07) is 97.8. The van der Waals surface area contributed by atoms with Crippen LogP contribution in [-0.4, -0.2) is 49.0 Å². The molecule has 20 rings (SSSR count). The SMILES string of the molecule is Clc1nc(-c2ccccc2)nc(-c2cccc3oc4ccccc4c23)n1.c1ccc(-c2nc(-c3cccc4oc5ccccc5c34)nc(N3c4ccccc4-c4ccccc4-n4c3nc3ccccc34)n2)cc1.c1ccc2c(c1)Nc1nc3ccccc3n1-c1ccccc1-2. The molecule has 2 aliphatic rings. The van der Waals surface area contributed by atoms with Crippen molar-refractivity contribution in [3.05, 3.63) is 296 Å². The predicted octanol–water partition coefficient (Wildman–Crippen LogP) is 20.4. The van der Waals surface area contributed by atoms with Crippen LogP contribution < -0.4 is 10.2 Å². The van der Waals surface area contributed by atoms with Gasteiger partial charge in [0.25, 0.3) is 0 Å². The molecule has 15 heteroatoms. The lowest BCUT2D eigenvalue weighted by molar-refractivity contribution is 0.668. The van der Waals surface area contributed by atoms with Crippen molar-refractivity contribution in [2.45, 2.75) is 0 Å². The summed E-state index contributed by atoms with van der Waals surface area (Å²) in [4.78, 5) is 40.9. The Balaban J connectivity index is 0.000000115. The largest absolute Gasteiger partial charge is 0.456 e. The van der Waals surface area contributed by atoms with Gasteiger partial charge in [0.1, 0.15) is 22.3 Å². The highest BCUT2D eigenvalue weighted by Crippen LogP contribution is 2.48. The van der Waals surface area contributed by atoms with Crippen LogP contribution in [0.3, 0.4) is 0 Å². The quantitative estimate of drug-likeness (QED) is 0.174. The Morgan fingerprint density at radius 1 is 0.305 bits per heavy atom. The summed E-state index contributed by atoms with van der Waals surface area (Å²) in [6.45, 7) is 0. The Labute approximate surface area is 547 Å². The average molecular weight is 1250 g/mol. The number of hydrogen-bond acceptors (Lipinski definition) is 12. The smallest absolute Gasteiger partial charge is 0.241 e. The molecule has 0 radical (unpaired) electrons. The van der Waals surface area contributed by atoms with Crippen LogP contribution in [0.1, 0.15) is 0 Å². The van der Waals surface area contributed by atoms with Gasteiger partial charge in [-0.25, -0.2) is 24.8 Å². The third-order valence-corrected chi connectivity index (χ3v) is 17.4. The Hall–Kier alpha value is -12.9. The molecule has 0 atom stereocenters. The number of para-hydroxylation sites is 10. The molecule has 0 fully saturated rings. The summed E-state index contributed by atoms with van der Waals surface area (Å²) in [5.41, 5.74) is 19.5. The highest BCUT2D eigenvalue weighted by molar-refractivity contribution is 6.28. The fourth-order valence-electron chi connectivity index (χ4n) is 13.1. The van der Waals surface area contributed by atoms with E-state index in [1.54, 1.807) is 0 Å². The van der Waals surface area contributed by atoms with Crippen LogP contribution in [0.25, 0.3) is 145 Å². The molecule has 448 valence electrons. The molecule has 0 spiro atoms. The Bertz CT molecular complexity index is 6020. The third kappa shape index (κ3) is 9.50. The molecule has 12 aromatic carbocycles. The van der Waals surface area contributed by atoms with Gasteiger partial charge in [-0.2, -0.15) is 19.9 Å². The number of halogens is 1. The van der Waals surface area contributed by atoms with E-state index in [9.17, 15) is 0 Å². The first kappa shape index (κ1) is 55.0. The lowest BCUT2D eigenvalue weighted by Crippen LogP contribution is -2.18. The lowest BCUT2D eigenvalue weighted by atomic mass is 10.0. The Morgan fingerprint density at radius 2 is 0.726 bits per heavy atom. The van der Waals surface area contributed by atoms with Gasteiger partial charge in [0.05, 0.1) is 39.1 Å². The van der Waals surface area contributed by atoms with Crippen LogP contribution in [-0.2, 0) is 0 Å². The van der Waals surface area contributed by atoms with Crippen LogP contribution >= 0.6 is 11.6 Å². The van der Waals surface area contributed by atoms with Gasteiger partial charge in [-0.05, 0) is 84.4 Å². The molecule has 0 bridgehead atoms. The van der Waals surface area contributed by atoms with E-state index in [4.69, 9.17) is 45.4 Å². The normalized spacial score (nSPS) is 11.9. The highest BCUT2D eigenvalue weighted by Gasteiger charge is 2.32. The fourth-order valence-corrected chi connectivity index (χ4v) is 13.3. The van der Waals surface area contributed by atoms with Crippen molar-refractivity contribution in [3.63, 3.8) is 0 Å². The summed E-state index contributed by atoms with van der Waals surface area (Å²) >= 11 is 6.21. The fraction of sp³-hybridized carbons (Fsp3) is 0. The van der Waals surface area contributed by atoms with Gasteiger partial charge in [-0.3, -0.25) is 9.13 Å². The van der Waals surface area contributed by atoms with Gasteiger partial charge in [0.15, 0.2) is 23.3 Å². The molecular formula is C80H49ClN12O2. The van der Waals surface area contributed by atoms with Gasteiger partial charge >= 0.3 is 0 Å². The van der Waals surface area contributed by atoms with Crippen molar-refractivity contribution in [3.8, 4) is 79.2 Å². The number of nitrogens with one attached hydrogen (secondary N) is 1. The minimum absolute atomic E-state index is 0.165. The van der Waals surface area contributed by atoms with Crippen molar-refractivity contribution >= 4 is 107 Å². The van der Waals surface area contributed by atoms with E-state index >= 15 is 0 Å². The number of hydrogen-bond donors (Lipinski definition) is 1. The number of rotatable bonds is 5. The molecule has 1 N–H and O–H groups in total. The molecule has 6 aromatic heterocycles. The molecule has 0 amide bonds. The van der Waals surface area contributed by atoms with Crippen molar-refractivity contribution < 1.29 is 8.83 Å². The maximum atomic E-state index is 6.26. The van der Waals surface area contributed by atoms with E-state index in [-0.39, 0.29) is 5.28 Å². The number of anilines is 5. The Morgan fingerprint density at radius 3 is 1.36 bits per heavy atom. The molecule has 95 heavy (non-hydrogen) atoms. The molecule has 0 unspecified atom stereocenters. The standard InChI is InChI=1S/C40H24N6O.C21H12ClN3O.C19H13N3/c1-2-13-25(14-3-1)37-42-38(29-18-12-24-35-36(29)28-17-6-11-23-34(28)47-35)44-39(43-37)46-32-21-9-5-16-27(32)26-15-4-8-20-31(26)45-33-22-10-7-19-30(33)41-40(45)46;22-21-24-19(13-7-2-1-3-8-13)23-20(25-21)15-10-6-12-17-18(15)14-9-4-5-11-16(14)26-17;1-3-9-15-13(7-1)14-8-2-5-11-17(14)22-18-12-6-4-10-16(18)21-19(22)20-15/h1-24H;1-12H;1-12H,(H,20,21). The predicted molar refractivity (Wildman–Crippen MR) is 379 cm³/mol. The third-order valence-electron chi connectivity index (χ3n) is 17.3. The lowest BCUT2D eigenvalue weighted by Gasteiger charge is -2.23. The molecule has 0 saturated carbocycles. The first-order valence-corrected chi connectivity index (χ1v) is 31.4. The van der Waals surface area contributed by atoms with Gasteiger partial charge in [0.2, 0.25) is 23.1 Å². The van der Waals surface area contributed by atoms with Crippen LogP contribution in [0, 0.1) is 0 Å². The number of benzene rings is 12. The molecule has 0 aliphatic carbocycles. The maximum Gasteiger partial charge on any atom is 0.241 e. The van der Waals surface area contributed by atoms with E-state index in [0.29, 0.717) is 35.2 Å². The minimum atomic E-state index is 0.165. The summed E-state index contributed by atoms with van der Waals surface area (Å²) in [6.07, 6.45) is 0. The van der Waals surface area contributed by atoms with E-state index < -0.39 is 0 Å². The number of furan rings is 2. The number of nitrogens with zero attached hydrogens (tertiary/aromatic N) is 11. The molecule has 2 aliphatic heterocycles.